The third kappa shape index (κ3) is 6.85. The highest BCUT2D eigenvalue weighted by molar-refractivity contribution is 5.89. The van der Waals surface area contributed by atoms with E-state index in [0.29, 0.717) is 58.4 Å². The summed E-state index contributed by atoms with van der Waals surface area (Å²) in [6.07, 6.45) is 3.01. The monoisotopic (exact) mass is 493 g/mol. The zero-order valence-corrected chi connectivity index (χ0v) is 20.5. The normalized spacial score (nSPS) is 19.2. The molecule has 0 radical (unpaired) electrons. The summed E-state index contributed by atoms with van der Waals surface area (Å²) in [6, 6.07) is 15.8. The number of hydrogen-bond donors (Lipinski definition) is 3. The van der Waals surface area contributed by atoms with E-state index >= 15 is 0 Å². The molecule has 0 spiro atoms. The number of piperidine rings is 1. The first-order valence-corrected chi connectivity index (χ1v) is 12.8. The van der Waals surface area contributed by atoms with E-state index in [4.69, 9.17) is 4.74 Å². The van der Waals surface area contributed by atoms with Gasteiger partial charge in [-0.15, -0.1) is 0 Å². The molecule has 4 rings (SSSR count). The van der Waals surface area contributed by atoms with Crippen LogP contribution >= 0.6 is 0 Å². The number of hydrogen-bond acceptors (Lipinski definition) is 5. The van der Waals surface area contributed by atoms with Crippen LogP contribution in [-0.4, -0.2) is 59.6 Å². The Kier molecular flexibility index (Phi) is 8.95. The van der Waals surface area contributed by atoms with Gasteiger partial charge in [0.25, 0.3) is 0 Å². The van der Waals surface area contributed by atoms with Crippen molar-refractivity contribution in [2.45, 2.75) is 57.2 Å². The minimum atomic E-state index is -0.676. The van der Waals surface area contributed by atoms with Crippen LogP contribution in [0.15, 0.2) is 54.6 Å². The van der Waals surface area contributed by atoms with Gasteiger partial charge in [-0.05, 0) is 48.9 Å². The number of carbonyl (C=O) groups excluding carboxylic acids is 3. The highest BCUT2D eigenvalue weighted by Gasteiger charge is 2.41. The second kappa shape index (κ2) is 12.5. The summed E-state index contributed by atoms with van der Waals surface area (Å²) in [5.74, 6) is -0.274. The molecule has 8 nitrogen and oxygen atoms in total. The van der Waals surface area contributed by atoms with Gasteiger partial charge in [0.15, 0.2) is 0 Å². The molecule has 3 N–H and O–H groups in total. The Hall–Kier alpha value is -3.39. The smallest absolute Gasteiger partial charge is 0.243 e. The predicted molar refractivity (Wildman–Crippen MR) is 135 cm³/mol. The summed E-state index contributed by atoms with van der Waals surface area (Å²) in [5.41, 5.74) is 1.93. The minimum Gasteiger partial charge on any atom is -0.508 e. The van der Waals surface area contributed by atoms with Gasteiger partial charge in [0.05, 0.1) is 0 Å². The quantitative estimate of drug-likeness (QED) is 0.498. The number of nitrogens with one attached hydrogen (secondary N) is 2. The van der Waals surface area contributed by atoms with Crippen LogP contribution in [0.4, 0.5) is 0 Å². The SMILES string of the molecule is O=C1CCC(C(C(=O)NCc2ccccc2)N(C(=O)CCc2ccc(O)cc2)C2CCOCC2)CN1. The van der Waals surface area contributed by atoms with Crippen LogP contribution in [0, 0.1) is 5.92 Å². The Morgan fingerprint density at radius 2 is 1.75 bits per heavy atom. The molecule has 0 bridgehead atoms. The second-order valence-electron chi connectivity index (χ2n) is 9.56. The Morgan fingerprint density at radius 3 is 2.42 bits per heavy atom. The Bertz CT molecular complexity index is 1010. The van der Waals surface area contributed by atoms with Crippen LogP contribution < -0.4 is 10.6 Å². The molecule has 0 aromatic heterocycles. The maximum Gasteiger partial charge on any atom is 0.243 e. The predicted octanol–water partition coefficient (Wildman–Crippen LogP) is 2.54. The molecular formula is C28H35N3O5. The first-order valence-electron chi connectivity index (χ1n) is 12.8. The molecule has 2 unspecified atom stereocenters. The number of phenols is 1. The number of carbonyl (C=O) groups is 3. The average molecular weight is 494 g/mol. The number of benzene rings is 2. The van der Waals surface area contributed by atoms with Gasteiger partial charge in [-0.3, -0.25) is 14.4 Å². The highest BCUT2D eigenvalue weighted by atomic mass is 16.5. The summed E-state index contributed by atoms with van der Waals surface area (Å²) in [5, 5.41) is 15.5. The zero-order chi connectivity index (χ0) is 25.3. The molecule has 192 valence electrons. The van der Waals surface area contributed by atoms with Gasteiger partial charge in [-0.1, -0.05) is 42.5 Å². The molecule has 3 amide bonds. The van der Waals surface area contributed by atoms with Gasteiger partial charge in [0.1, 0.15) is 11.8 Å². The molecule has 2 aliphatic rings. The lowest BCUT2D eigenvalue weighted by atomic mass is 9.87. The van der Waals surface area contributed by atoms with Crippen LogP contribution in [0.3, 0.4) is 0 Å². The van der Waals surface area contributed by atoms with Gasteiger partial charge < -0.3 is 25.4 Å². The molecule has 2 aromatic rings. The van der Waals surface area contributed by atoms with Crippen molar-refractivity contribution in [1.82, 2.24) is 15.5 Å². The van der Waals surface area contributed by atoms with Crippen molar-refractivity contribution >= 4 is 17.7 Å². The number of aromatic hydroxyl groups is 1. The Labute approximate surface area is 212 Å². The number of nitrogens with zero attached hydrogens (tertiary/aromatic N) is 1. The molecule has 0 saturated carbocycles. The van der Waals surface area contributed by atoms with Gasteiger partial charge in [0, 0.05) is 51.1 Å². The van der Waals surface area contributed by atoms with E-state index in [2.05, 4.69) is 10.6 Å². The van der Waals surface area contributed by atoms with E-state index < -0.39 is 6.04 Å². The van der Waals surface area contributed by atoms with Crippen molar-refractivity contribution in [3.63, 3.8) is 0 Å². The van der Waals surface area contributed by atoms with E-state index in [9.17, 15) is 19.5 Å². The van der Waals surface area contributed by atoms with E-state index in [1.165, 1.54) is 0 Å². The zero-order valence-electron chi connectivity index (χ0n) is 20.5. The molecule has 36 heavy (non-hydrogen) atoms. The fraction of sp³-hybridized carbons (Fsp3) is 0.464. The van der Waals surface area contributed by atoms with Crippen molar-refractivity contribution in [1.29, 1.82) is 0 Å². The number of rotatable bonds is 9. The summed E-state index contributed by atoms with van der Waals surface area (Å²) >= 11 is 0. The van der Waals surface area contributed by atoms with Crippen molar-refractivity contribution < 1.29 is 24.2 Å². The molecule has 2 fully saturated rings. The number of amides is 3. The van der Waals surface area contributed by atoms with Crippen molar-refractivity contribution in [2.24, 2.45) is 5.92 Å². The third-order valence-corrected chi connectivity index (χ3v) is 7.06. The molecular weight excluding hydrogens is 458 g/mol. The number of phenolic OH excluding ortho intramolecular Hbond substituents is 1. The topological polar surface area (TPSA) is 108 Å². The van der Waals surface area contributed by atoms with Crippen molar-refractivity contribution in [2.75, 3.05) is 19.8 Å². The Balaban J connectivity index is 1.56. The minimum absolute atomic E-state index is 0.0223. The Morgan fingerprint density at radius 1 is 1.03 bits per heavy atom. The second-order valence-corrected chi connectivity index (χ2v) is 9.56. The first-order chi connectivity index (χ1) is 17.5. The standard InChI is InChI=1S/C28H35N3O5/c32-24-10-6-20(7-11-24)8-13-26(34)31(23-14-16-36-17-15-23)27(22-9-12-25(33)29-19-22)28(35)30-18-21-4-2-1-3-5-21/h1-7,10-11,22-23,27,32H,8-9,12-19H2,(H,29,33)(H,30,35). The van der Waals surface area contributed by atoms with E-state index in [-0.39, 0.29) is 41.9 Å². The average Bonchev–Trinajstić information content (AvgIpc) is 2.91. The molecule has 2 aliphatic heterocycles. The molecule has 0 aliphatic carbocycles. The van der Waals surface area contributed by atoms with Crippen molar-refractivity contribution in [3.05, 3.63) is 65.7 Å². The molecule has 2 atom stereocenters. The maximum absolute atomic E-state index is 13.8. The fourth-order valence-electron chi connectivity index (χ4n) is 5.07. The van der Waals surface area contributed by atoms with Crippen LogP contribution in [0.5, 0.6) is 5.75 Å². The lowest BCUT2D eigenvalue weighted by Crippen LogP contribution is -2.60. The van der Waals surface area contributed by atoms with Crippen LogP contribution in [0.2, 0.25) is 0 Å². The van der Waals surface area contributed by atoms with E-state index in [0.717, 1.165) is 11.1 Å². The maximum atomic E-state index is 13.8. The van der Waals surface area contributed by atoms with E-state index in [1.54, 1.807) is 17.0 Å². The van der Waals surface area contributed by atoms with Crippen LogP contribution in [-0.2, 0) is 32.1 Å². The molecule has 2 heterocycles. The summed E-state index contributed by atoms with van der Waals surface area (Å²) in [6.45, 7) is 1.84. The lowest BCUT2D eigenvalue weighted by Gasteiger charge is -2.43. The largest absolute Gasteiger partial charge is 0.508 e. The summed E-state index contributed by atoms with van der Waals surface area (Å²) in [7, 11) is 0. The third-order valence-electron chi connectivity index (χ3n) is 7.06. The number of ether oxygens (including phenoxy) is 1. The van der Waals surface area contributed by atoms with Gasteiger partial charge in [0.2, 0.25) is 17.7 Å². The highest BCUT2D eigenvalue weighted by Crippen LogP contribution is 2.27. The van der Waals surface area contributed by atoms with E-state index in [1.807, 2.05) is 42.5 Å². The van der Waals surface area contributed by atoms with Gasteiger partial charge in [-0.2, -0.15) is 0 Å². The summed E-state index contributed by atoms with van der Waals surface area (Å²) in [4.78, 5) is 41.2. The van der Waals surface area contributed by atoms with Gasteiger partial charge in [-0.25, -0.2) is 0 Å². The molecule has 2 saturated heterocycles. The number of aryl methyl sites for hydroxylation is 1. The fourth-order valence-corrected chi connectivity index (χ4v) is 5.07. The molecule has 2 aromatic carbocycles. The van der Waals surface area contributed by atoms with Gasteiger partial charge >= 0.3 is 0 Å². The first kappa shape index (κ1) is 25.7. The molecule has 8 heteroatoms. The van der Waals surface area contributed by atoms with Crippen molar-refractivity contribution in [3.8, 4) is 5.75 Å². The van der Waals surface area contributed by atoms with Crippen LogP contribution in [0.1, 0.15) is 43.2 Å². The lowest BCUT2D eigenvalue weighted by molar-refractivity contribution is -0.149. The van der Waals surface area contributed by atoms with Crippen LogP contribution in [0.25, 0.3) is 0 Å². The summed E-state index contributed by atoms with van der Waals surface area (Å²) < 4.78 is 5.56.